The highest BCUT2D eigenvalue weighted by Crippen LogP contribution is 2.19. The molecule has 3 heterocycles. The van der Waals surface area contributed by atoms with E-state index in [0.717, 1.165) is 0 Å². The number of morpholine rings is 1. The molecular weight excluding hydrogens is 441 g/mol. The molecule has 172 valence electrons. The quantitative estimate of drug-likeness (QED) is 0.406. The number of hydrogen-bond acceptors (Lipinski definition) is 7. The molecule has 0 N–H and O–H groups in total. The van der Waals surface area contributed by atoms with Gasteiger partial charge in [0.1, 0.15) is 24.0 Å². The van der Waals surface area contributed by atoms with Crippen LogP contribution in [0.5, 0.6) is 0 Å². The lowest BCUT2D eigenvalue weighted by molar-refractivity contribution is -0.0680. The second-order valence-electron chi connectivity index (χ2n) is 7.73. The minimum Gasteiger partial charge on any atom is -0.391 e. The molecule has 34 heavy (non-hydrogen) atoms. The maximum atomic E-state index is 13.3. The van der Waals surface area contributed by atoms with E-state index in [9.17, 15) is 14.0 Å². The van der Waals surface area contributed by atoms with Crippen molar-refractivity contribution in [2.24, 2.45) is 0 Å². The Bertz CT molecular complexity index is 1340. The Morgan fingerprint density at radius 1 is 1.06 bits per heavy atom. The molecule has 0 bridgehead atoms. The van der Waals surface area contributed by atoms with Crippen molar-refractivity contribution in [1.82, 2.24) is 25.0 Å². The highest BCUT2D eigenvalue weighted by atomic mass is 19.1. The Morgan fingerprint density at radius 2 is 1.85 bits per heavy atom. The predicted molar refractivity (Wildman–Crippen MR) is 119 cm³/mol. The number of hydrogen-bond donors (Lipinski definition) is 0. The van der Waals surface area contributed by atoms with Crippen molar-refractivity contribution in [1.29, 1.82) is 0 Å². The first-order valence-corrected chi connectivity index (χ1v) is 10.7. The smallest absolute Gasteiger partial charge is 0.254 e. The number of ketones is 1. The highest BCUT2D eigenvalue weighted by molar-refractivity contribution is 6.15. The summed E-state index contributed by atoms with van der Waals surface area (Å²) in [7, 11) is 0. The molecule has 0 radical (unpaired) electrons. The van der Waals surface area contributed by atoms with Gasteiger partial charge in [0.15, 0.2) is 5.78 Å². The Kier molecular flexibility index (Phi) is 5.96. The summed E-state index contributed by atoms with van der Waals surface area (Å²) in [5.74, 6) is -1.06. The molecule has 1 amide bonds. The van der Waals surface area contributed by atoms with Gasteiger partial charge in [-0.1, -0.05) is 23.0 Å². The monoisotopic (exact) mass is 461 g/mol. The third-order valence-corrected chi connectivity index (χ3v) is 5.50. The number of ether oxygens (including phenoxy) is 1. The summed E-state index contributed by atoms with van der Waals surface area (Å²) in [5, 5.41) is 7.92. The number of carbonyl (C=O) groups excluding carboxylic acids is 2. The first-order valence-electron chi connectivity index (χ1n) is 10.7. The normalized spacial score (nSPS) is 15.9. The Balaban J connectivity index is 1.29. The highest BCUT2D eigenvalue weighted by Gasteiger charge is 2.28. The number of halogens is 1. The average Bonchev–Trinajstić information content (AvgIpc) is 3.30. The van der Waals surface area contributed by atoms with E-state index in [2.05, 4.69) is 15.3 Å². The molecule has 1 unspecified atom stereocenters. The summed E-state index contributed by atoms with van der Waals surface area (Å²) in [6, 6.07) is 15.4. The van der Waals surface area contributed by atoms with E-state index in [4.69, 9.17) is 9.57 Å². The third kappa shape index (κ3) is 4.35. The standard InChI is InChI=1S/C24H20FN5O4/c25-17-9-7-16(8-10-17)22(31)19-4-1-2-5-20(19)24(32)29-12-13-33-18(14-29)15-34-30-23-21(27-28-30)6-3-11-26-23/h1-11,18H,12-15H2. The number of pyridine rings is 1. The maximum absolute atomic E-state index is 13.3. The van der Waals surface area contributed by atoms with E-state index in [0.29, 0.717) is 29.9 Å². The van der Waals surface area contributed by atoms with Gasteiger partial charge in [0.2, 0.25) is 5.65 Å². The van der Waals surface area contributed by atoms with Gasteiger partial charge in [0.25, 0.3) is 5.91 Å². The Morgan fingerprint density at radius 3 is 2.68 bits per heavy atom. The zero-order chi connectivity index (χ0) is 23.5. The van der Waals surface area contributed by atoms with Crippen molar-refractivity contribution in [3.8, 4) is 0 Å². The summed E-state index contributed by atoms with van der Waals surface area (Å²) >= 11 is 0. The van der Waals surface area contributed by atoms with Crippen molar-refractivity contribution < 1.29 is 23.6 Å². The van der Waals surface area contributed by atoms with Crippen molar-refractivity contribution in [2.75, 3.05) is 26.3 Å². The summed E-state index contributed by atoms with van der Waals surface area (Å²) in [6.45, 7) is 1.11. The lowest BCUT2D eigenvalue weighted by Gasteiger charge is -2.33. The van der Waals surface area contributed by atoms with Gasteiger partial charge in [-0.25, -0.2) is 9.37 Å². The number of aromatic nitrogens is 4. The first kappa shape index (κ1) is 21.7. The molecule has 1 atom stereocenters. The van der Waals surface area contributed by atoms with E-state index in [-0.39, 0.29) is 36.0 Å². The number of carbonyl (C=O) groups is 2. The minimum atomic E-state index is -0.433. The van der Waals surface area contributed by atoms with E-state index in [1.807, 2.05) is 0 Å². The lowest BCUT2D eigenvalue weighted by atomic mass is 9.97. The number of rotatable bonds is 6. The molecule has 1 aliphatic heterocycles. The van der Waals surface area contributed by atoms with Gasteiger partial charge in [-0.2, -0.15) is 0 Å². The maximum Gasteiger partial charge on any atom is 0.254 e. The van der Waals surface area contributed by atoms with Crippen LogP contribution in [0.25, 0.3) is 11.2 Å². The third-order valence-electron chi connectivity index (χ3n) is 5.50. The topological polar surface area (TPSA) is 99.4 Å². The number of amides is 1. The molecule has 10 heteroatoms. The zero-order valence-electron chi connectivity index (χ0n) is 18.0. The predicted octanol–water partition coefficient (Wildman–Crippen LogP) is 2.17. The number of fused-ring (bicyclic) bond motifs is 1. The van der Waals surface area contributed by atoms with Crippen LogP contribution in [0.1, 0.15) is 26.3 Å². The molecular formula is C24H20FN5O4. The largest absolute Gasteiger partial charge is 0.391 e. The zero-order valence-corrected chi connectivity index (χ0v) is 18.0. The number of benzene rings is 2. The van der Waals surface area contributed by atoms with Gasteiger partial charge in [0.05, 0.1) is 18.7 Å². The van der Waals surface area contributed by atoms with Crippen LogP contribution < -0.4 is 4.84 Å². The number of nitrogens with zero attached hydrogens (tertiary/aromatic N) is 5. The molecule has 0 aliphatic carbocycles. The van der Waals surface area contributed by atoms with E-state index < -0.39 is 11.9 Å². The fourth-order valence-corrected chi connectivity index (χ4v) is 3.79. The van der Waals surface area contributed by atoms with E-state index in [1.54, 1.807) is 47.5 Å². The van der Waals surface area contributed by atoms with Crippen LogP contribution in [-0.2, 0) is 4.74 Å². The van der Waals surface area contributed by atoms with Gasteiger partial charge >= 0.3 is 0 Å². The summed E-state index contributed by atoms with van der Waals surface area (Å²) in [5.41, 5.74) is 1.94. The summed E-state index contributed by atoms with van der Waals surface area (Å²) in [4.78, 5) is 39.1. The molecule has 0 saturated carbocycles. The van der Waals surface area contributed by atoms with Gasteiger partial charge in [-0.15, -0.1) is 5.10 Å². The van der Waals surface area contributed by atoms with Crippen LogP contribution in [0.3, 0.4) is 0 Å². The fourth-order valence-electron chi connectivity index (χ4n) is 3.79. The fraction of sp³-hybridized carbons (Fsp3) is 0.208. The second-order valence-corrected chi connectivity index (χ2v) is 7.73. The van der Waals surface area contributed by atoms with Gasteiger partial charge in [-0.3, -0.25) is 9.59 Å². The molecule has 2 aromatic carbocycles. The molecule has 1 saturated heterocycles. The molecule has 1 fully saturated rings. The summed E-state index contributed by atoms with van der Waals surface area (Å²) in [6.07, 6.45) is 1.22. The molecule has 2 aromatic heterocycles. The molecule has 5 rings (SSSR count). The second kappa shape index (κ2) is 9.36. The van der Waals surface area contributed by atoms with Crippen molar-refractivity contribution in [3.05, 3.63) is 89.4 Å². The Hall–Kier alpha value is -4.18. The summed E-state index contributed by atoms with van der Waals surface area (Å²) < 4.78 is 19.0. The van der Waals surface area contributed by atoms with Crippen LogP contribution in [-0.4, -0.2) is 69.1 Å². The first-order chi connectivity index (χ1) is 16.6. The average molecular weight is 461 g/mol. The van der Waals surface area contributed by atoms with Gasteiger partial charge < -0.3 is 14.5 Å². The van der Waals surface area contributed by atoms with Crippen LogP contribution >= 0.6 is 0 Å². The van der Waals surface area contributed by atoms with E-state index >= 15 is 0 Å². The van der Waals surface area contributed by atoms with Gasteiger partial charge in [0, 0.05) is 23.9 Å². The van der Waals surface area contributed by atoms with Crippen LogP contribution in [0.2, 0.25) is 0 Å². The minimum absolute atomic E-state index is 0.134. The van der Waals surface area contributed by atoms with Crippen LogP contribution in [0.4, 0.5) is 4.39 Å². The molecule has 0 spiro atoms. The van der Waals surface area contributed by atoms with Crippen molar-refractivity contribution in [2.45, 2.75) is 6.10 Å². The molecule has 1 aliphatic rings. The van der Waals surface area contributed by atoms with Crippen LogP contribution in [0.15, 0.2) is 66.9 Å². The SMILES string of the molecule is O=C(c1ccc(F)cc1)c1ccccc1C(=O)N1CCOC(COn2nnc3cccnc32)C1. The molecule has 4 aromatic rings. The van der Waals surface area contributed by atoms with Gasteiger partial charge in [-0.05, 0) is 47.7 Å². The molecule has 9 nitrogen and oxygen atoms in total. The van der Waals surface area contributed by atoms with Crippen molar-refractivity contribution >= 4 is 22.9 Å². The van der Waals surface area contributed by atoms with Crippen LogP contribution in [0, 0.1) is 5.82 Å². The van der Waals surface area contributed by atoms with E-state index in [1.165, 1.54) is 29.1 Å². The lowest BCUT2D eigenvalue weighted by Crippen LogP contribution is -2.48. The van der Waals surface area contributed by atoms with Crippen molar-refractivity contribution in [3.63, 3.8) is 0 Å². The Labute approximate surface area is 193 Å².